The van der Waals surface area contributed by atoms with Gasteiger partial charge in [0.05, 0.1) is 17.8 Å². The molecule has 0 aliphatic carbocycles. The van der Waals surface area contributed by atoms with Gasteiger partial charge < -0.3 is 10.4 Å². The Bertz CT molecular complexity index is 716. The van der Waals surface area contributed by atoms with Crippen molar-refractivity contribution in [3.8, 4) is 11.3 Å². The van der Waals surface area contributed by atoms with Crippen molar-refractivity contribution >= 4 is 29.0 Å². The van der Waals surface area contributed by atoms with Gasteiger partial charge in [0.25, 0.3) is 0 Å². The summed E-state index contributed by atoms with van der Waals surface area (Å²) in [4.78, 5) is 4.71. The first-order valence-corrected chi connectivity index (χ1v) is 6.68. The molecule has 0 unspecified atom stereocenters. The standard InChI is InChI=1S/C17H16N2O.ClH/c20-11-10-18-17-12-16(13-6-2-1-3-7-13)19-15-9-5-4-8-14(15)17;/h1-9,12,20H,10-11H2,(H,18,19);1H. The minimum absolute atomic E-state index is 0. The number of nitrogens with zero attached hydrogens (tertiary/aromatic N) is 1. The topological polar surface area (TPSA) is 45.1 Å². The minimum Gasteiger partial charge on any atom is -0.395 e. The molecule has 108 valence electrons. The molecule has 2 aromatic carbocycles. The molecule has 1 heterocycles. The summed E-state index contributed by atoms with van der Waals surface area (Å²) in [6, 6.07) is 20.2. The van der Waals surface area contributed by atoms with Gasteiger partial charge in [-0.15, -0.1) is 12.4 Å². The van der Waals surface area contributed by atoms with Crippen LogP contribution in [0.5, 0.6) is 0 Å². The van der Waals surface area contributed by atoms with Crippen LogP contribution in [0.25, 0.3) is 22.2 Å². The van der Waals surface area contributed by atoms with Crippen LogP contribution < -0.4 is 5.32 Å². The van der Waals surface area contributed by atoms with Crippen LogP contribution in [0.1, 0.15) is 0 Å². The molecular weight excluding hydrogens is 284 g/mol. The van der Waals surface area contributed by atoms with Crippen LogP contribution in [0, 0.1) is 0 Å². The lowest BCUT2D eigenvalue weighted by Gasteiger charge is -2.11. The van der Waals surface area contributed by atoms with Crippen molar-refractivity contribution < 1.29 is 5.11 Å². The molecule has 1 aromatic heterocycles. The van der Waals surface area contributed by atoms with Crippen molar-refractivity contribution in [2.75, 3.05) is 18.5 Å². The van der Waals surface area contributed by atoms with Crippen molar-refractivity contribution in [2.24, 2.45) is 0 Å². The number of benzene rings is 2. The van der Waals surface area contributed by atoms with Crippen LogP contribution in [-0.2, 0) is 0 Å². The lowest BCUT2D eigenvalue weighted by molar-refractivity contribution is 0.311. The average molecular weight is 301 g/mol. The largest absolute Gasteiger partial charge is 0.395 e. The summed E-state index contributed by atoms with van der Waals surface area (Å²) in [6.07, 6.45) is 0. The number of nitrogens with one attached hydrogen (secondary N) is 1. The van der Waals surface area contributed by atoms with Gasteiger partial charge in [0.1, 0.15) is 0 Å². The highest BCUT2D eigenvalue weighted by atomic mass is 35.5. The number of pyridine rings is 1. The van der Waals surface area contributed by atoms with Crippen LogP contribution in [0.3, 0.4) is 0 Å². The van der Waals surface area contributed by atoms with Crippen LogP contribution in [0.4, 0.5) is 5.69 Å². The molecular formula is C17H17ClN2O. The molecule has 0 amide bonds. The Balaban J connectivity index is 0.00000161. The average Bonchev–Trinajstić information content (AvgIpc) is 2.53. The quantitative estimate of drug-likeness (QED) is 0.772. The van der Waals surface area contributed by atoms with Gasteiger partial charge in [-0.05, 0) is 12.1 Å². The Kier molecular flexibility index (Phi) is 5.14. The summed E-state index contributed by atoms with van der Waals surface area (Å²) < 4.78 is 0. The van der Waals surface area contributed by atoms with Crippen molar-refractivity contribution in [1.29, 1.82) is 0 Å². The van der Waals surface area contributed by atoms with Gasteiger partial charge in [-0.1, -0.05) is 48.5 Å². The minimum atomic E-state index is 0. The van der Waals surface area contributed by atoms with E-state index in [2.05, 4.69) is 5.32 Å². The molecule has 3 nitrogen and oxygen atoms in total. The summed E-state index contributed by atoms with van der Waals surface area (Å²) >= 11 is 0. The van der Waals surface area contributed by atoms with Crippen molar-refractivity contribution in [2.45, 2.75) is 0 Å². The molecule has 2 N–H and O–H groups in total. The van der Waals surface area contributed by atoms with E-state index >= 15 is 0 Å². The summed E-state index contributed by atoms with van der Waals surface area (Å²) in [6.45, 7) is 0.638. The third kappa shape index (κ3) is 3.32. The highest BCUT2D eigenvalue weighted by Crippen LogP contribution is 2.27. The Morgan fingerprint density at radius 3 is 2.43 bits per heavy atom. The number of halogens is 1. The SMILES string of the molecule is Cl.OCCNc1cc(-c2ccccc2)nc2ccccc12. The summed E-state index contributed by atoms with van der Waals surface area (Å²) in [5, 5.41) is 13.3. The number of hydrogen-bond acceptors (Lipinski definition) is 3. The molecule has 4 heteroatoms. The lowest BCUT2D eigenvalue weighted by Crippen LogP contribution is -2.06. The van der Waals surface area contributed by atoms with Gasteiger partial charge in [-0.2, -0.15) is 0 Å². The molecule has 21 heavy (non-hydrogen) atoms. The highest BCUT2D eigenvalue weighted by molar-refractivity contribution is 5.93. The summed E-state index contributed by atoms with van der Waals surface area (Å²) in [7, 11) is 0. The van der Waals surface area contributed by atoms with E-state index in [1.54, 1.807) is 0 Å². The normalized spacial score (nSPS) is 10.1. The van der Waals surface area contributed by atoms with Gasteiger partial charge in [0.15, 0.2) is 0 Å². The molecule has 0 aliphatic heterocycles. The Morgan fingerprint density at radius 1 is 0.952 bits per heavy atom. The maximum atomic E-state index is 9.01. The zero-order valence-electron chi connectivity index (χ0n) is 11.5. The zero-order chi connectivity index (χ0) is 13.8. The number of fused-ring (bicyclic) bond motifs is 1. The number of anilines is 1. The Labute approximate surface area is 130 Å². The Hall–Kier alpha value is -2.10. The van der Waals surface area contributed by atoms with E-state index in [1.807, 2.05) is 60.7 Å². The van der Waals surface area contributed by atoms with Crippen LogP contribution >= 0.6 is 12.4 Å². The second kappa shape index (κ2) is 7.07. The fourth-order valence-electron chi connectivity index (χ4n) is 2.27. The maximum Gasteiger partial charge on any atom is 0.0730 e. The molecule has 0 aliphatic rings. The molecule has 3 rings (SSSR count). The fourth-order valence-corrected chi connectivity index (χ4v) is 2.27. The number of rotatable bonds is 4. The number of aromatic nitrogens is 1. The van der Waals surface area contributed by atoms with E-state index in [1.165, 1.54) is 0 Å². The smallest absolute Gasteiger partial charge is 0.0730 e. The highest BCUT2D eigenvalue weighted by Gasteiger charge is 2.06. The number of aliphatic hydroxyl groups is 1. The van der Waals surface area contributed by atoms with Gasteiger partial charge in [-0.25, -0.2) is 4.98 Å². The zero-order valence-corrected chi connectivity index (χ0v) is 12.3. The van der Waals surface area contributed by atoms with E-state index in [-0.39, 0.29) is 19.0 Å². The van der Waals surface area contributed by atoms with Gasteiger partial charge >= 0.3 is 0 Å². The number of para-hydroxylation sites is 1. The van der Waals surface area contributed by atoms with E-state index < -0.39 is 0 Å². The first-order valence-electron chi connectivity index (χ1n) is 6.68. The number of hydrogen-bond donors (Lipinski definition) is 2. The third-order valence-corrected chi connectivity index (χ3v) is 3.21. The van der Waals surface area contributed by atoms with E-state index in [0.717, 1.165) is 27.8 Å². The molecule has 3 aromatic rings. The molecule has 0 atom stereocenters. The number of aliphatic hydroxyl groups excluding tert-OH is 1. The molecule has 0 bridgehead atoms. The maximum absolute atomic E-state index is 9.01. The van der Waals surface area contributed by atoms with Gasteiger partial charge in [-0.3, -0.25) is 0 Å². The first kappa shape index (κ1) is 15.3. The van der Waals surface area contributed by atoms with E-state index in [4.69, 9.17) is 10.1 Å². The molecule has 0 spiro atoms. The second-order valence-electron chi connectivity index (χ2n) is 4.59. The molecule has 0 saturated heterocycles. The molecule has 0 fully saturated rings. The van der Waals surface area contributed by atoms with Crippen LogP contribution in [0.15, 0.2) is 60.7 Å². The van der Waals surface area contributed by atoms with Crippen molar-refractivity contribution in [3.05, 3.63) is 60.7 Å². The monoisotopic (exact) mass is 300 g/mol. The van der Waals surface area contributed by atoms with Crippen LogP contribution in [0.2, 0.25) is 0 Å². The molecule has 0 saturated carbocycles. The predicted molar refractivity (Wildman–Crippen MR) is 90.0 cm³/mol. The Morgan fingerprint density at radius 2 is 1.67 bits per heavy atom. The first-order chi connectivity index (χ1) is 9.88. The van der Waals surface area contributed by atoms with Gasteiger partial charge in [0, 0.05) is 23.2 Å². The molecule has 0 radical (unpaired) electrons. The van der Waals surface area contributed by atoms with Crippen LogP contribution in [-0.4, -0.2) is 23.2 Å². The summed E-state index contributed by atoms with van der Waals surface area (Å²) in [5.74, 6) is 0. The van der Waals surface area contributed by atoms with Crippen molar-refractivity contribution in [1.82, 2.24) is 4.98 Å². The van der Waals surface area contributed by atoms with E-state index in [9.17, 15) is 0 Å². The third-order valence-electron chi connectivity index (χ3n) is 3.21. The van der Waals surface area contributed by atoms with E-state index in [0.29, 0.717) is 6.54 Å². The fraction of sp³-hybridized carbons (Fsp3) is 0.118. The lowest BCUT2D eigenvalue weighted by atomic mass is 10.1. The predicted octanol–water partition coefficient (Wildman–Crippen LogP) is 3.73. The summed E-state index contributed by atoms with van der Waals surface area (Å²) in [5.41, 5.74) is 3.98. The van der Waals surface area contributed by atoms with Crippen molar-refractivity contribution in [3.63, 3.8) is 0 Å². The second-order valence-corrected chi connectivity index (χ2v) is 4.59. The van der Waals surface area contributed by atoms with Gasteiger partial charge in [0.2, 0.25) is 0 Å².